The quantitative estimate of drug-likeness (QED) is 0.665. The van der Waals surface area contributed by atoms with Crippen LogP contribution in [0.15, 0.2) is 0 Å². The maximum atomic E-state index is 5.65. The van der Waals surface area contributed by atoms with Crippen LogP contribution in [-0.2, 0) is 0 Å². The molecular formula is C4H6BrCl3. The summed E-state index contributed by atoms with van der Waals surface area (Å²) in [6.07, 6.45) is 0.739. The average Bonchev–Trinajstić information content (AvgIpc) is 1.67. The average molecular weight is 240 g/mol. The second-order valence-electron chi connectivity index (χ2n) is 1.33. The molecule has 0 heterocycles. The molecule has 0 bridgehead atoms. The molecule has 0 aliphatic rings. The van der Waals surface area contributed by atoms with E-state index in [9.17, 15) is 0 Å². The molecule has 2 unspecified atom stereocenters. The van der Waals surface area contributed by atoms with Crippen molar-refractivity contribution in [3.63, 3.8) is 0 Å². The maximum absolute atomic E-state index is 5.65. The molecule has 0 saturated heterocycles. The molecule has 0 N–H and O–H groups in total. The first-order chi connectivity index (χ1) is 3.68. The van der Waals surface area contributed by atoms with E-state index in [2.05, 4.69) is 15.9 Å². The van der Waals surface area contributed by atoms with Crippen molar-refractivity contribution in [1.29, 1.82) is 0 Å². The summed E-state index contributed by atoms with van der Waals surface area (Å²) in [5, 5.41) is -0.0610. The minimum absolute atomic E-state index is 0.0610. The van der Waals surface area contributed by atoms with Gasteiger partial charge in [0.1, 0.15) is 4.29 Å². The van der Waals surface area contributed by atoms with Crippen LogP contribution in [0.25, 0.3) is 0 Å². The highest BCUT2D eigenvalue weighted by atomic mass is 79.9. The predicted octanol–water partition coefficient (Wildman–Crippen LogP) is 3.18. The third-order valence-electron chi connectivity index (χ3n) is 0.658. The van der Waals surface area contributed by atoms with E-state index in [0.717, 1.165) is 6.42 Å². The zero-order valence-corrected chi connectivity index (χ0v) is 7.93. The summed E-state index contributed by atoms with van der Waals surface area (Å²) in [7, 11) is 0. The molecule has 0 spiro atoms. The van der Waals surface area contributed by atoms with E-state index in [4.69, 9.17) is 34.8 Å². The molecule has 0 nitrogen and oxygen atoms in total. The van der Waals surface area contributed by atoms with E-state index in [1.165, 1.54) is 0 Å². The molecule has 0 aromatic rings. The molecule has 0 aromatic carbocycles. The SMILES string of the molecule is ClCCC(Cl)C(Cl)Br. The zero-order chi connectivity index (χ0) is 6.57. The molecule has 0 fully saturated rings. The fraction of sp³-hybridized carbons (Fsp3) is 1.00. The second-order valence-corrected chi connectivity index (χ2v) is 4.25. The van der Waals surface area contributed by atoms with Gasteiger partial charge in [-0.1, -0.05) is 15.9 Å². The largest absolute Gasteiger partial charge is 0.127 e. The van der Waals surface area contributed by atoms with Gasteiger partial charge in [-0.25, -0.2) is 0 Å². The van der Waals surface area contributed by atoms with E-state index in [-0.39, 0.29) is 9.66 Å². The zero-order valence-electron chi connectivity index (χ0n) is 4.08. The van der Waals surface area contributed by atoms with Crippen molar-refractivity contribution >= 4 is 50.7 Å². The summed E-state index contributed by atoms with van der Waals surface area (Å²) in [5.74, 6) is 0.559. The number of halogens is 4. The maximum Gasteiger partial charge on any atom is 0.105 e. The molecule has 0 aromatic heterocycles. The van der Waals surface area contributed by atoms with Crippen LogP contribution in [0, 0.1) is 0 Å². The Hall–Kier alpha value is 1.35. The molecule has 0 radical (unpaired) electrons. The monoisotopic (exact) mass is 238 g/mol. The van der Waals surface area contributed by atoms with Crippen LogP contribution in [0.3, 0.4) is 0 Å². The molecule has 8 heavy (non-hydrogen) atoms. The number of rotatable bonds is 3. The first-order valence-electron chi connectivity index (χ1n) is 2.16. The third kappa shape index (κ3) is 4.25. The Morgan fingerprint density at radius 2 is 1.88 bits per heavy atom. The predicted molar refractivity (Wildman–Crippen MR) is 43.5 cm³/mol. The minimum atomic E-state index is -0.164. The topological polar surface area (TPSA) is 0 Å². The molecule has 50 valence electrons. The summed E-state index contributed by atoms with van der Waals surface area (Å²) in [4.78, 5) is 0. The lowest BCUT2D eigenvalue weighted by Crippen LogP contribution is -2.07. The lowest BCUT2D eigenvalue weighted by Gasteiger charge is -2.05. The molecule has 0 amide bonds. The first-order valence-corrected chi connectivity index (χ1v) is 4.49. The standard InChI is InChI=1S/C4H6BrCl3/c5-4(8)3(7)1-2-6/h3-4H,1-2H2. The Kier molecular flexibility index (Phi) is 6.03. The molecule has 0 aliphatic heterocycles. The van der Waals surface area contributed by atoms with Gasteiger partial charge in [0.2, 0.25) is 0 Å². The number of hydrogen-bond donors (Lipinski definition) is 0. The Morgan fingerprint density at radius 3 is 2.00 bits per heavy atom. The van der Waals surface area contributed by atoms with Gasteiger partial charge in [0, 0.05) is 5.88 Å². The van der Waals surface area contributed by atoms with Crippen LogP contribution >= 0.6 is 50.7 Å². The molecule has 0 saturated carbocycles. The van der Waals surface area contributed by atoms with Crippen molar-refractivity contribution < 1.29 is 0 Å². The highest BCUT2D eigenvalue weighted by Gasteiger charge is 2.10. The fourth-order valence-corrected chi connectivity index (χ4v) is 1.08. The van der Waals surface area contributed by atoms with Gasteiger partial charge in [0.25, 0.3) is 0 Å². The van der Waals surface area contributed by atoms with E-state index in [1.807, 2.05) is 0 Å². The van der Waals surface area contributed by atoms with Gasteiger partial charge in [0.05, 0.1) is 5.38 Å². The molecular weight excluding hydrogens is 234 g/mol. The van der Waals surface area contributed by atoms with Crippen molar-refractivity contribution in [2.24, 2.45) is 0 Å². The summed E-state index contributed by atoms with van der Waals surface area (Å²) < 4.78 is -0.164. The fourth-order valence-electron chi connectivity index (χ4n) is 0.230. The van der Waals surface area contributed by atoms with Gasteiger partial charge in [-0.15, -0.1) is 34.8 Å². The van der Waals surface area contributed by atoms with E-state index in [0.29, 0.717) is 5.88 Å². The molecule has 0 rings (SSSR count). The van der Waals surface area contributed by atoms with Crippen LogP contribution < -0.4 is 0 Å². The normalized spacial score (nSPS) is 18.0. The number of hydrogen-bond acceptors (Lipinski definition) is 0. The van der Waals surface area contributed by atoms with Crippen molar-refractivity contribution in [2.75, 3.05) is 5.88 Å². The Balaban J connectivity index is 3.17. The highest BCUT2D eigenvalue weighted by molar-refractivity contribution is 9.10. The van der Waals surface area contributed by atoms with Crippen molar-refractivity contribution in [1.82, 2.24) is 0 Å². The molecule has 2 atom stereocenters. The highest BCUT2D eigenvalue weighted by Crippen LogP contribution is 2.19. The number of alkyl halides is 4. The minimum Gasteiger partial charge on any atom is -0.127 e. The molecule has 4 heteroatoms. The van der Waals surface area contributed by atoms with Gasteiger partial charge in [0.15, 0.2) is 0 Å². The van der Waals surface area contributed by atoms with Crippen LogP contribution in [0.5, 0.6) is 0 Å². The Labute approximate surface area is 72.6 Å². The van der Waals surface area contributed by atoms with Crippen molar-refractivity contribution in [3.8, 4) is 0 Å². The summed E-state index contributed by atoms with van der Waals surface area (Å²) in [6, 6.07) is 0. The summed E-state index contributed by atoms with van der Waals surface area (Å²) in [5.41, 5.74) is 0. The van der Waals surface area contributed by atoms with Crippen LogP contribution in [0.4, 0.5) is 0 Å². The smallest absolute Gasteiger partial charge is 0.105 e. The van der Waals surface area contributed by atoms with Crippen molar-refractivity contribution in [3.05, 3.63) is 0 Å². The third-order valence-corrected chi connectivity index (χ3v) is 2.72. The van der Waals surface area contributed by atoms with Crippen LogP contribution in [-0.4, -0.2) is 15.5 Å². The second kappa shape index (κ2) is 5.16. The Bertz CT molecular complexity index is 57.2. The van der Waals surface area contributed by atoms with Gasteiger partial charge < -0.3 is 0 Å². The molecule has 0 aliphatic carbocycles. The van der Waals surface area contributed by atoms with E-state index >= 15 is 0 Å². The van der Waals surface area contributed by atoms with Crippen LogP contribution in [0.2, 0.25) is 0 Å². The van der Waals surface area contributed by atoms with Gasteiger partial charge in [-0.05, 0) is 6.42 Å². The van der Waals surface area contributed by atoms with Gasteiger partial charge in [-0.2, -0.15) is 0 Å². The lowest BCUT2D eigenvalue weighted by atomic mass is 10.4. The van der Waals surface area contributed by atoms with Crippen LogP contribution in [0.1, 0.15) is 6.42 Å². The summed E-state index contributed by atoms with van der Waals surface area (Å²) in [6.45, 7) is 0. The van der Waals surface area contributed by atoms with E-state index < -0.39 is 0 Å². The lowest BCUT2D eigenvalue weighted by molar-refractivity contribution is 0.888. The van der Waals surface area contributed by atoms with Crippen molar-refractivity contribution in [2.45, 2.75) is 16.1 Å². The van der Waals surface area contributed by atoms with E-state index in [1.54, 1.807) is 0 Å². The first kappa shape index (κ1) is 9.35. The van der Waals surface area contributed by atoms with Gasteiger partial charge in [-0.3, -0.25) is 0 Å². The Morgan fingerprint density at radius 1 is 1.38 bits per heavy atom. The summed E-state index contributed by atoms with van der Waals surface area (Å²) >= 11 is 19.7. The van der Waals surface area contributed by atoms with Gasteiger partial charge >= 0.3 is 0 Å².